The van der Waals surface area contributed by atoms with Crippen molar-refractivity contribution in [2.24, 2.45) is 9.98 Å². The van der Waals surface area contributed by atoms with Crippen LogP contribution in [0.1, 0.15) is 62.6 Å². The Morgan fingerprint density at radius 2 is 1.82 bits per heavy atom. The van der Waals surface area contributed by atoms with Crippen LogP contribution in [0.3, 0.4) is 0 Å². The van der Waals surface area contributed by atoms with E-state index in [0.717, 1.165) is 29.7 Å². The molecule has 2 atom stereocenters. The fourth-order valence-corrected chi connectivity index (χ4v) is 5.70. The van der Waals surface area contributed by atoms with Gasteiger partial charge < -0.3 is 5.32 Å². The molecule has 33 heavy (non-hydrogen) atoms. The van der Waals surface area contributed by atoms with E-state index < -0.39 is 6.04 Å². The lowest BCUT2D eigenvalue weighted by Crippen LogP contribution is -2.44. The van der Waals surface area contributed by atoms with Crippen molar-refractivity contribution in [3.63, 3.8) is 0 Å². The third-order valence-corrected chi connectivity index (χ3v) is 7.76. The second-order valence-electron chi connectivity index (χ2n) is 8.71. The van der Waals surface area contributed by atoms with Gasteiger partial charge in [-0.15, -0.1) is 0 Å². The minimum Gasteiger partial charge on any atom is -0.352 e. The monoisotopic (exact) mass is 460 g/mol. The molecular weight excluding hydrogens is 432 g/mol. The summed E-state index contributed by atoms with van der Waals surface area (Å²) in [6.07, 6.45) is 6.32. The number of fused-ring (bicyclic) bond motifs is 3. The highest BCUT2D eigenvalue weighted by Crippen LogP contribution is 2.38. The van der Waals surface area contributed by atoms with Crippen LogP contribution in [0.25, 0.3) is 0 Å². The number of nitrogens with zero attached hydrogens (tertiary/aromatic N) is 3. The van der Waals surface area contributed by atoms with E-state index in [1.807, 2.05) is 61.5 Å². The van der Waals surface area contributed by atoms with Gasteiger partial charge in [0, 0.05) is 11.6 Å². The predicted octanol–water partition coefficient (Wildman–Crippen LogP) is 4.98. The Kier molecular flexibility index (Phi) is 6.31. The fourth-order valence-electron chi connectivity index (χ4n) is 4.67. The molecule has 1 N–H and O–H groups in total. The van der Waals surface area contributed by atoms with Crippen LogP contribution in [0.15, 0.2) is 64.6 Å². The van der Waals surface area contributed by atoms with Gasteiger partial charge in [-0.05, 0) is 37.0 Å². The summed E-state index contributed by atoms with van der Waals surface area (Å²) >= 11 is 1.37. The number of rotatable bonds is 5. The highest BCUT2D eigenvalue weighted by Gasteiger charge is 2.43. The van der Waals surface area contributed by atoms with Crippen LogP contribution in [0.4, 0.5) is 5.69 Å². The maximum atomic E-state index is 13.5. The normalized spacial score (nSPS) is 21.1. The zero-order chi connectivity index (χ0) is 22.8. The highest BCUT2D eigenvalue weighted by molar-refractivity contribution is 8.15. The molecule has 2 amide bonds. The van der Waals surface area contributed by atoms with Crippen LogP contribution in [0.2, 0.25) is 0 Å². The van der Waals surface area contributed by atoms with Gasteiger partial charge in [0.15, 0.2) is 11.2 Å². The summed E-state index contributed by atoms with van der Waals surface area (Å²) in [5.41, 5.74) is 2.47. The van der Waals surface area contributed by atoms with E-state index in [1.54, 1.807) is 4.90 Å². The summed E-state index contributed by atoms with van der Waals surface area (Å²) in [4.78, 5) is 37.9. The minimum absolute atomic E-state index is 0.0284. The molecule has 0 unspecified atom stereocenters. The second kappa shape index (κ2) is 9.51. The maximum absolute atomic E-state index is 13.5. The predicted molar refractivity (Wildman–Crippen MR) is 133 cm³/mol. The molecule has 0 aromatic heterocycles. The van der Waals surface area contributed by atoms with Gasteiger partial charge in [-0.1, -0.05) is 80.4 Å². The molecule has 7 heteroatoms. The number of nitrogens with one attached hydrogen (secondary N) is 1. The molecule has 1 saturated carbocycles. The first kappa shape index (κ1) is 21.9. The number of carbonyl (C=O) groups excluding carboxylic acids is 2. The van der Waals surface area contributed by atoms with Gasteiger partial charge in [0.1, 0.15) is 5.84 Å². The van der Waals surface area contributed by atoms with Gasteiger partial charge in [-0.25, -0.2) is 14.9 Å². The summed E-state index contributed by atoms with van der Waals surface area (Å²) in [6, 6.07) is 17.0. The van der Waals surface area contributed by atoms with Crippen molar-refractivity contribution >= 4 is 40.3 Å². The first-order valence-electron chi connectivity index (χ1n) is 11.8. The SMILES string of the molecule is CC[C@@H](SC1=Nc2ccccc2C2=N[C@@H](c3ccccc3)C(=O)N12)C(=O)NC1CCCCC1. The van der Waals surface area contributed by atoms with E-state index in [1.165, 1.54) is 31.0 Å². The van der Waals surface area contributed by atoms with E-state index in [0.29, 0.717) is 17.4 Å². The molecule has 2 aromatic carbocycles. The van der Waals surface area contributed by atoms with Crippen LogP contribution in [0.5, 0.6) is 0 Å². The van der Waals surface area contributed by atoms with Gasteiger partial charge >= 0.3 is 0 Å². The molecule has 0 bridgehead atoms. The van der Waals surface area contributed by atoms with Gasteiger partial charge in [-0.2, -0.15) is 0 Å². The van der Waals surface area contributed by atoms with Crippen LogP contribution < -0.4 is 5.32 Å². The number of aliphatic imine (C=N–C) groups is 2. The maximum Gasteiger partial charge on any atom is 0.263 e. The number of amides is 2. The van der Waals surface area contributed by atoms with Crippen molar-refractivity contribution in [3.8, 4) is 0 Å². The van der Waals surface area contributed by atoms with Crippen LogP contribution >= 0.6 is 11.8 Å². The Morgan fingerprint density at radius 1 is 1.09 bits per heavy atom. The minimum atomic E-state index is -0.603. The molecule has 2 heterocycles. The zero-order valence-corrected chi connectivity index (χ0v) is 19.6. The van der Waals surface area contributed by atoms with Gasteiger partial charge in [0.25, 0.3) is 5.91 Å². The lowest BCUT2D eigenvalue weighted by Gasteiger charge is -2.29. The molecule has 3 aliphatic rings. The van der Waals surface area contributed by atoms with E-state index >= 15 is 0 Å². The number of hydrogen-bond acceptors (Lipinski definition) is 5. The largest absolute Gasteiger partial charge is 0.352 e. The molecule has 1 fully saturated rings. The second-order valence-corrected chi connectivity index (χ2v) is 9.88. The Balaban J connectivity index is 1.43. The van der Waals surface area contributed by atoms with Crippen molar-refractivity contribution in [3.05, 3.63) is 65.7 Å². The number of hydrogen-bond donors (Lipinski definition) is 1. The molecule has 0 saturated heterocycles. The van der Waals surface area contributed by atoms with E-state index in [4.69, 9.17) is 9.98 Å². The topological polar surface area (TPSA) is 74.1 Å². The van der Waals surface area contributed by atoms with Crippen LogP contribution in [-0.4, -0.2) is 39.0 Å². The summed E-state index contributed by atoms with van der Waals surface area (Å²) < 4.78 is 0. The third-order valence-electron chi connectivity index (χ3n) is 6.45. The number of amidine groups is 2. The Bertz CT molecular complexity index is 1110. The molecular formula is C26H28N4O2S. The molecule has 170 valence electrons. The quantitative estimate of drug-likeness (QED) is 0.684. The van der Waals surface area contributed by atoms with Crippen LogP contribution in [-0.2, 0) is 9.59 Å². The summed E-state index contributed by atoms with van der Waals surface area (Å²) in [6.45, 7) is 2.00. The number of benzene rings is 2. The van der Waals surface area contributed by atoms with Gasteiger partial charge in [0.2, 0.25) is 5.91 Å². The van der Waals surface area contributed by atoms with Crippen molar-refractivity contribution in [2.45, 2.75) is 62.8 Å². The first-order chi connectivity index (χ1) is 16.2. The third kappa shape index (κ3) is 4.34. The molecule has 2 aliphatic heterocycles. The van der Waals surface area contributed by atoms with Crippen molar-refractivity contribution in [1.82, 2.24) is 10.2 Å². The zero-order valence-electron chi connectivity index (χ0n) is 18.7. The molecule has 0 radical (unpaired) electrons. The lowest BCUT2D eigenvalue weighted by molar-refractivity contribution is -0.125. The Morgan fingerprint density at radius 3 is 2.58 bits per heavy atom. The Hall–Kier alpha value is -2.93. The average molecular weight is 461 g/mol. The number of carbonyl (C=O) groups is 2. The van der Waals surface area contributed by atoms with E-state index in [2.05, 4.69) is 5.32 Å². The summed E-state index contributed by atoms with van der Waals surface area (Å²) in [5.74, 6) is 0.518. The average Bonchev–Trinajstić information content (AvgIpc) is 3.21. The Labute approximate surface area is 198 Å². The van der Waals surface area contributed by atoms with Crippen molar-refractivity contribution in [1.29, 1.82) is 0 Å². The molecule has 6 nitrogen and oxygen atoms in total. The van der Waals surface area contributed by atoms with Crippen LogP contribution in [0, 0.1) is 0 Å². The van der Waals surface area contributed by atoms with E-state index in [9.17, 15) is 9.59 Å². The smallest absolute Gasteiger partial charge is 0.263 e. The molecule has 0 spiro atoms. The molecule has 1 aliphatic carbocycles. The van der Waals surface area contributed by atoms with Gasteiger partial charge in [0.05, 0.1) is 10.9 Å². The fraction of sp³-hybridized carbons (Fsp3) is 0.385. The van der Waals surface area contributed by atoms with Crippen molar-refractivity contribution in [2.75, 3.05) is 0 Å². The molecule has 5 rings (SSSR count). The molecule has 2 aromatic rings. The van der Waals surface area contributed by atoms with Crippen molar-refractivity contribution < 1.29 is 9.59 Å². The van der Waals surface area contributed by atoms with E-state index in [-0.39, 0.29) is 23.1 Å². The first-order valence-corrected chi connectivity index (χ1v) is 12.7. The summed E-state index contributed by atoms with van der Waals surface area (Å²) in [7, 11) is 0. The highest BCUT2D eigenvalue weighted by atomic mass is 32.2. The standard InChI is InChI=1S/C26H28N4O2S/c1-2-21(24(31)27-18-13-7-4-8-14-18)33-26-28-20-16-10-9-15-19(20)23-29-22(25(32)30(23)26)17-11-5-3-6-12-17/h3,5-6,9-12,15-16,18,21-22H,2,4,7-8,13-14H2,1H3,(H,27,31)/t21-,22+/m1/s1. The number of para-hydroxylation sites is 1. The summed E-state index contributed by atoms with van der Waals surface area (Å²) in [5, 5.41) is 3.45. The lowest BCUT2D eigenvalue weighted by atomic mass is 9.95. The number of thioether (sulfide) groups is 1. The van der Waals surface area contributed by atoms with Gasteiger partial charge in [-0.3, -0.25) is 9.59 Å².